The highest BCUT2D eigenvalue weighted by Crippen LogP contribution is 2.30. The number of hydrogen-bond acceptors (Lipinski definition) is 6. The Kier molecular flexibility index (Phi) is 10.2. The first-order chi connectivity index (χ1) is 12.8. The van der Waals surface area contributed by atoms with Gasteiger partial charge in [0.25, 0.3) is 0 Å². The van der Waals surface area contributed by atoms with E-state index in [2.05, 4.69) is 10.0 Å². The largest absolute Gasteiger partial charge is 0.496 e. The molecule has 1 aliphatic heterocycles. The van der Waals surface area contributed by atoms with Gasteiger partial charge in [-0.1, -0.05) is 18.2 Å². The number of rotatable bonds is 9. The first-order valence-electron chi connectivity index (χ1n) is 9.06. The number of nitrogens with one attached hydrogen (secondary N) is 2. The number of carbonyl (C=O) groups excluding carboxylic acids is 1. The standard InChI is InChI=1S/C18H29N3O5S.ClH/c1-14(2)26-10-11-27(23,24)20-13-18(22)21-9-8-19-12-16(21)15-6-4-5-7-17(15)25-3;/h4-7,14,16,19-20H,8-13H2,1-3H3;1H. The summed E-state index contributed by atoms with van der Waals surface area (Å²) in [6.07, 6.45) is -0.0377. The zero-order valence-corrected chi connectivity index (χ0v) is 18.1. The quantitative estimate of drug-likeness (QED) is 0.599. The fourth-order valence-corrected chi connectivity index (χ4v) is 3.76. The molecule has 1 saturated heterocycles. The zero-order chi connectivity index (χ0) is 19.9. The van der Waals surface area contributed by atoms with E-state index >= 15 is 0 Å². The normalized spacial score (nSPS) is 17.3. The molecular formula is C18H30ClN3O5S. The van der Waals surface area contributed by atoms with Gasteiger partial charge >= 0.3 is 0 Å². The van der Waals surface area contributed by atoms with E-state index in [-0.39, 0.29) is 49.4 Å². The van der Waals surface area contributed by atoms with E-state index in [0.29, 0.717) is 25.4 Å². The number of amides is 1. The van der Waals surface area contributed by atoms with Gasteiger partial charge in [0.2, 0.25) is 15.9 Å². The Hall–Kier alpha value is -1.39. The highest BCUT2D eigenvalue weighted by molar-refractivity contribution is 7.89. The summed E-state index contributed by atoms with van der Waals surface area (Å²) in [5.41, 5.74) is 0.897. The van der Waals surface area contributed by atoms with Crippen LogP contribution < -0.4 is 14.8 Å². The van der Waals surface area contributed by atoms with Crippen molar-refractivity contribution < 1.29 is 22.7 Å². The maximum atomic E-state index is 12.7. The molecule has 0 bridgehead atoms. The molecule has 160 valence electrons. The Labute approximate surface area is 173 Å². The van der Waals surface area contributed by atoms with Crippen LogP contribution in [0.2, 0.25) is 0 Å². The average molecular weight is 436 g/mol. The number of methoxy groups -OCH3 is 1. The minimum Gasteiger partial charge on any atom is -0.496 e. The van der Waals surface area contributed by atoms with Crippen LogP contribution in [0.1, 0.15) is 25.5 Å². The third-order valence-electron chi connectivity index (χ3n) is 4.31. The molecule has 1 aliphatic rings. The Balaban J connectivity index is 0.00000392. The van der Waals surface area contributed by atoms with Crippen LogP contribution in [-0.4, -0.2) is 71.0 Å². The van der Waals surface area contributed by atoms with Crippen LogP contribution in [0.25, 0.3) is 0 Å². The molecule has 8 nitrogen and oxygen atoms in total. The molecule has 0 aromatic heterocycles. The Bertz CT molecular complexity index is 730. The van der Waals surface area contributed by atoms with Gasteiger partial charge < -0.3 is 19.7 Å². The summed E-state index contributed by atoms with van der Waals surface area (Å²) in [6.45, 7) is 5.25. The highest BCUT2D eigenvalue weighted by Gasteiger charge is 2.30. The maximum Gasteiger partial charge on any atom is 0.238 e. The number of hydrogen-bond donors (Lipinski definition) is 2. The summed E-state index contributed by atoms with van der Waals surface area (Å²) in [5, 5.41) is 3.28. The molecule has 0 spiro atoms. The maximum absolute atomic E-state index is 12.7. The number of para-hydroxylation sites is 1. The number of halogens is 1. The number of ether oxygens (including phenoxy) is 2. The van der Waals surface area contributed by atoms with Gasteiger partial charge in [0.1, 0.15) is 5.75 Å². The van der Waals surface area contributed by atoms with Crippen molar-refractivity contribution in [2.24, 2.45) is 0 Å². The first kappa shape index (κ1) is 24.6. The van der Waals surface area contributed by atoms with Crippen molar-refractivity contribution in [3.8, 4) is 5.75 Å². The Morgan fingerprint density at radius 1 is 1.36 bits per heavy atom. The van der Waals surface area contributed by atoms with Crippen LogP contribution in [0, 0.1) is 0 Å². The van der Waals surface area contributed by atoms with Crippen LogP contribution in [0.4, 0.5) is 0 Å². The number of carbonyl (C=O) groups is 1. The summed E-state index contributed by atoms with van der Waals surface area (Å²) >= 11 is 0. The molecule has 1 aromatic carbocycles. The molecule has 28 heavy (non-hydrogen) atoms. The van der Waals surface area contributed by atoms with Crippen molar-refractivity contribution >= 4 is 28.3 Å². The van der Waals surface area contributed by atoms with Gasteiger partial charge in [0.15, 0.2) is 0 Å². The van der Waals surface area contributed by atoms with Crippen molar-refractivity contribution in [1.29, 1.82) is 0 Å². The lowest BCUT2D eigenvalue weighted by Crippen LogP contribution is -2.51. The summed E-state index contributed by atoms with van der Waals surface area (Å²) in [7, 11) is -1.98. The van der Waals surface area contributed by atoms with E-state index in [1.54, 1.807) is 12.0 Å². The van der Waals surface area contributed by atoms with Gasteiger partial charge in [-0.05, 0) is 19.9 Å². The molecule has 1 heterocycles. The van der Waals surface area contributed by atoms with Gasteiger partial charge in [-0.25, -0.2) is 13.1 Å². The summed E-state index contributed by atoms with van der Waals surface area (Å²) in [6, 6.07) is 7.33. The van der Waals surface area contributed by atoms with Crippen molar-refractivity contribution in [2.75, 3.05) is 45.6 Å². The highest BCUT2D eigenvalue weighted by atomic mass is 35.5. The molecule has 1 fully saturated rings. The molecule has 0 aliphatic carbocycles. The molecule has 0 saturated carbocycles. The number of sulfonamides is 1. The van der Waals surface area contributed by atoms with Crippen molar-refractivity contribution in [1.82, 2.24) is 14.9 Å². The van der Waals surface area contributed by atoms with E-state index < -0.39 is 10.0 Å². The second-order valence-corrected chi connectivity index (χ2v) is 8.53. The topological polar surface area (TPSA) is 97.0 Å². The first-order valence-corrected chi connectivity index (χ1v) is 10.7. The molecule has 2 N–H and O–H groups in total. The average Bonchev–Trinajstić information content (AvgIpc) is 2.65. The van der Waals surface area contributed by atoms with Gasteiger partial charge in [-0.15, -0.1) is 12.4 Å². The van der Waals surface area contributed by atoms with E-state index in [1.807, 2.05) is 38.1 Å². The number of nitrogens with zero attached hydrogens (tertiary/aromatic N) is 1. The van der Waals surface area contributed by atoms with E-state index in [4.69, 9.17) is 9.47 Å². The molecule has 1 amide bonds. The van der Waals surface area contributed by atoms with Gasteiger partial charge in [0.05, 0.1) is 38.2 Å². The van der Waals surface area contributed by atoms with Crippen LogP contribution in [0.5, 0.6) is 5.75 Å². The fourth-order valence-electron chi connectivity index (χ4n) is 2.96. The van der Waals surface area contributed by atoms with Gasteiger partial charge in [-0.2, -0.15) is 0 Å². The molecule has 2 rings (SSSR count). The third-order valence-corrected chi connectivity index (χ3v) is 5.60. The minimum absolute atomic E-state index is 0. The fraction of sp³-hybridized carbons (Fsp3) is 0.611. The zero-order valence-electron chi connectivity index (χ0n) is 16.5. The van der Waals surface area contributed by atoms with E-state index in [9.17, 15) is 13.2 Å². The van der Waals surface area contributed by atoms with E-state index in [1.165, 1.54) is 0 Å². The molecule has 1 atom stereocenters. The third kappa shape index (κ3) is 7.21. The Morgan fingerprint density at radius 3 is 2.75 bits per heavy atom. The van der Waals surface area contributed by atoms with E-state index in [0.717, 1.165) is 5.56 Å². The summed E-state index contributed by atoms with van der Waals surface area (Å²) < 4.78 is 37.2. The predicted molar refractivity (Wildman–Crippen MR) is 110 cm³/mol. The Morgan fingerprint density at radius 2 is 2.07 bits per heavy atom. The smallest absolute Gasteiger partial charge is 0.238 e. The summed E-state index contributed by atoms with van der Waals surface area (Å²) in [4.78, 5) is 14.4. The SMILES string of the molecule is COc1ccccc1C1CNCCN1C(=O)CNS(=O)(=O)CCOC(C)C.Cl. The lowest BCUT2D eigenvalue weighted by atomic mass is 10.0. The van der Waals surface area contributed by atoms with Gasteiger partial charge in [-0.3, -0.25) is 4.79 Å². The van der Waals surface area contributed by atoms with Crippen molar-refractivity contribution in [3.05, 3.63) is 29.8 Å². The monoisotopic (exact) mass is 435 g/mol. The second-order valence-electron chi connectivity index (χ2n) is 6.61. The lowest BCUT2D eigenvalue weighted by Gasteiger charge is -2.37. The molecule has 10 heteroatoms. The van der Waals surface area contributed by atoms with Crippen LogP contribution in [-0.2, 0) is 19.6 Å². The summed E-state index contributed by atoms with van der Waals surface area (Å²) in [5.74, 6) is 0.270. The van der Waals surface area contributed by atoms with Crippen LogP contribution in [0.3, 0.4) is 0 Å². The van der Waals surface area contributed by atoms with Crippen LogP contribution in [0.15, 0.2) is 24.3 Å². The van der Waals surface area contributed by atoms with Crippen molar-refractivity contribution in [3.63, 3.8) is 0 Å². The second kappa shape index (κ2) is 11.6. The lowest BCUT2D eigenvalue weighted by molar-refractivity contribution is -0.133. The predicted octanol–water partition coefficient (Wildman–Crippen LogP) is 0.934. The molecule has 1 unspecified atom stereocenters. The number of piperazine rings is 1. The van der Waals surface area contributed by atoms with Crippen LogP contribution >= 0.6 is 12.4 Å². The van der Waals surface area contributed by atoms with Gasteiger partial charge in [0, 0.05) is 25.2 Å². The molecular weight excluding hydrogens is 406 g/mol. The molecule has 1 aromatic rings. The number of benzene rings is 1. The molecule has 0 radical (unpaired) electrons. The van der Waals surface area contributed by atoms with Crippen molar-refractivity contribution in [2.45, 2.75) is 26.0 Å². The minimum atomic E-state index is -3.57.